The number of amides is 1. The molecule has 4 nitrogen and oxygen atoms in total. The molecule has 1 aromatic rings. The zero-order chi connectivity index (χ0) is 13.5. The van der Waals surface area contributed by atoms with E-state index >= 15 is 0 Å². The summed E-state index contributed by atoms with van der Waals surface area (Å²) in [6.45, 7) is 6.63. The normalized spacial score (nSPS) is 9.94. The van der Waals surface area contributed by atoms with Crippen LogP contribution in [-0.4, -0.2) is 36.5 Å². The molecule has 0 aliphatic rings. The predicted octanol–water partition coefficient (Wildman–Crippen LogP) is 2.66. The quantitative estimate of drug-likeness (QED) is 0.754. The van der Waals surface area contributed by atoms with Crippen molar-refractivity contribution < 1.29 is 14.3 Å². The van der Waals surface area contributed by atoms with E-state index in [2.05, 4.69) is 0 Å². The smallest absolute Gasteiger partial charge is 0.410 e. The number of carbonyl (C=O) groups excluding carboxylic acids is 2. The van der Waals surface area contributed by atoms with Crippen LogP contribution in [0.1, 0.15) is 29.8 Å². The van der Waals surface area contributed by atoms with Crippen LogP contribution in [0.2, 0.25) is 0 Å². The third kappa shape index (κ3) is 3.87. The number of aryl methyl sites for hydroxylation is 1. The average Bonchev–Trinajstić information content (AvgIpc) is 2.38. The molecule has 0 aromatic heterocycles. The van der Waals surface area contributed by atoms with Gasteiger partial charge in [-0.05, 0) is 20.8 Å². The Morgan fingerprint density at radius 2 is 1.67 bits per heavy atom. The van der Waals surface area contributed by atoms with Gasteiger partial charge in [0.05, 0.1) is 0 Å². The van der Waals surface area contributed by atoms with E-state index in [0.29, 0.717) is 18.7 Å². The number of ketones is 1. The Balaban J connectivity index is 2.51. The molecule has 4 heteroatoms. The van der Waals surface area contributed by atoms with Crippen LogP contribution in [0, 0.1) is 6.92 Å². The van der Waals surface area contributed by atoms with Gasteiger partial charge in [-0.2, -0.15) is 0 Å². The summed E-state index contributed by atoms with van der Waals surface area (Å²) in [5.74, 6) is -0.185. The van der Waals surface area contributed by atoms with Gasteiger partial charge in [-0.1, -0.05) is 29.8 Å². The van der Waals surface area contributed by atoms with Crippen LogP contribution in [0.25, 0.3) is 0 Å². The molecule has 0 unspecified atom stereocenters. The molecule has 1 amide bonds. The first kappa shape index (κ1) is 14.2. The maximum atomic E-state index is 11.8. The first-order valence-corrected chi connectivity index (χ1v) is 6.10. The van der Waals surface area contributed by atoms with Crippen LogP contribution in [0.3, 0.4) is 0 Å². The standard InChI is InChI=1S/C14H19NO3/c1-4-15(5-2)14(17)18-10-13(16)12-8-6-11(3)7-9-12/h6-9H,4-5,10H2,1-3H3. The molecule has 18 heavy (non-hydrogen) atoms. The monoisotopic (exact) mass is 249 g/mol. The van der Waals surface area contributed by atoms with Gasteiger partial charge in [-0.15, -0.1) is 0 Å². The number of carbonyl (C=O) groups is 2. The fourth-order valence-electron chi connectivity index (χ4n) is 1.52. The minimum atomic E-state index is -0.444. The predicted molar refractivity (Wildman–Crippen MR) is 69.8 cm³/mol. The molecular weight excluding hydrogens is 230 g/mol. The molecule has 0 heterocycles. The second-order valence-corrected chi connectivity index (χ2v) is 4.02. The first-order valence-electron chi connectivity index (χ1n) is 6.10. The van der Waals surface area contributed by atoms with Crippen LogP contribution in [0.5, 0.6) is 0 Å². The van der Waals surface area contributed by atoms with E-state index in [1.807, 2.05) is 32.9 Å². The van der Waals surface area contributed by atoms with Gasteiger partial charge in [-0.25, -0.2) is 4.79 Å². The van der Waals surface area contributed by atoms with Crippen molar-refractivity contribution in [2.24, 2.45) is 0 Å². The van der Waals surface area contributed by atoms with Crippen molar-refractivity contribution in [3.63, 3.8) is 0 Å². The largest absolute Gasteiger partial charge is 0.441 e. The molecule has 0 radical (unpaired) electrons. The van der Waals surface area contributed by atoms with Crippen molar-refractivity contribution >= 4 is 11.9 Å². The van der Waals surface area contributed by atoms with E-state index in [0.717, 1.165) is 5.56 Å². The number of Topliss-reactive ketones (excluding diaryl/α,β-unsaturated/α-hetero) is 1. The average molecular weight is 249 g/mol. The number of hydrogen-bond acceptors (Lipinski definition) is 3. The van der Waals surface area contributed by atoms with Crippen molar-refractivity contribution in [3.05, 3.63) is 35.4 Å². The number of hydrogen-bond donors (Lipinski definition) is 0. The third-order valence-electron chi connectivity index (χ3n) is 2.72. The highest BCUT2D eigenvalue weighted by atomic mass is 16.6. The molecule has 0 spiro atoms. The van der Waals surface area contributed by atoms with E-state index in [1.54, 1.807) is 12.1 Å². The molecular formula is C14H19NO3. The Bertz CT molecular complexity index is 408. The molecule has 0 bridgehead atoms. The lowest BCUT2D eigenvalue weighted by Crippen LogP contribution is -2.32. The van der Waals surface area contributed by atoms with Gasteiger partial charge in [0.25, 0.3) is 0 Å². The summed E-state index contributed by atoms with van der Waals surface area (Å²) in [6.07, 6.45) is -0.444. The summed E-state index contributed by atoms with van der Waals surface area (Å²) in [5, 5.41) is 0. The van der Waals surface area contributed by atoms with Crippen molar-refractivity contribution in [2.45, 2.75) is 20.8 Å². The van der Waals surface area contributed by atoms with Gasteiger partial charge in [0.2, 0.25) is 0 Å². The van der Waals surface area contributed by atoms with Gasteiger partial charge in [0.15, 0.2) is 12.4 Å². The van der Waals surface area contributed by atoms with Gasteiger partial charge in [0.1, 0.15) is 0 Å². The summed E-state index contributed by atoms with van der Waals surface area (Å²) < 4.78 is 4.97. The highest BCUT2D eigenvalue weighted by molar-refractivity contribution is 5.97. The molecule has 98 valence electrons. The van der Waals surface area contributed by atoms with E-state index < -0.39 is 6.09 Å². The second kappa shape index (κ2) is 6.79. The van der Waals surface area contributed by atoms with E-state index in [-0.39, 0.29) is 12.4 Å². The SMILES string of the molecule is CCN(CC)C(=O)OCC(=O)c1ccc(C)cc1. The Kier molecular flexibility index (Phi) is 5.36. The summed E-state index contributed by atoms with van der Waals surface area (Å²) >= 11 is 0. The fraction of sp³-hybridized carbons (Fsp3) is 0.429. The number of ether oxygens (including phenoxy) is 1. The molecule has 0 saturated carbocycles. The Morgan fingerprint density at radius 1 is 1.11 bits per heavy atom. The lowest BCUT2D eigenvalue weighted by Gasteiger charge is -2.17. The highest BCUT2D eigenvalue weighted by Gasteiger charge is 2.13. The van der Waals surface area contributed by atoms with E-state index in [9.17, 15) is 9.59 Å². The van der Waals surface area contributed by atoms with Gasteiger partial charge in [-0.3, -0.25) is 4.79 Å². The van der Waals surface area contributed by atoms with Gasteiger partial charge >= 0.3 is 6.09 Å². The highest BCUT2D eigenvalue weighted by Crippen LogP contribution is 2.05. The number of benzene rings is 1. The van der Waals surface area contributed by atoms with Crippen LogP contribution in [0.4, 0.5) is 4.79 Å². The molecule has 1 aromatic carbocycles. The number of rotatable bonds is 5. The fourth-order valence-corrected chi connectivity index (χ4v) is 1.52. The summed E-state index contributed by atoms with van der Waals surface area (Å²) in [7, 11) is 0. The molecule has 0 aliphatic heterocycles. The third-order valence-corrected chi connectivity index (χ3v) is 2.72. The molecule has 0 atom stereocenters. The Hall–Kier alpha value is -1.84. The second-order valence-electron chi connectivity index (χ2n) is 4.02. The van der Waals surface area contributed by atoms with Gasteiger partial charge < -0.3 is 9.64 Å². The van der Waals surface area contributed by atoms with E-state index in [1.165, 1.54) is 4.90 Å². The zero-order valence-corrected chi connectivity index (χ0v) is 11.1. The lowest BCUT2D eigenvalue weighted by molar-refractivity contribution is 0.0762. The molecule has 0 saturated heterocycles. The molecule has 0 fully saturated rings. The summed E-state index contributed by atoms with van der Waals surface area (Å²) in [4.78, 5) is 24.8. The zero-order valence-electron chi connectivity index (χ0n) is 11.1. The van der Waals surface area contributed by atoms with E-state index in [4.69, 9.17) is 4.74 Å². The Morgan fingerprint density at radius 3 is 2.17 bits per heavy atom. The minimum Gasteiger partial charge on any atom is -0.441 e. The lowest BCUT2D eigenvalue weighted by atomic mass is 10.1. The summed E-state index contributed by atoms with van der Waals surface area (Å²) in [6, 6.07) is 7.20. The van der Waals surface area contributed by atoms with Crippen molar-refractivity contribution in [3.8, 4) is 0 Å². The maximum Gasteiger partial charge on any atom is 0.410 e. The topological polar surface area (TPSA) is 46.6 Å². The molecule has 1 rings (SSSR count). The van der Waals surface area contributed by atoms with Crippen molar-refractivity contribution in [1.29, 1.82) is 0 Å². The first-order chi connectivity index (χ1) is 8.58. The van der Waals surface area contributed by atoms with Crippen molar-refractivity contribution in [1.82, 2.24) is 4.90 Å². The maximum absolute atomic E-state index is 11.8. The Labute approximate surface area is 108 Å². The molecule has 0 N–H and O–H groups in total. The summed E-state index contributed by atoms with van der Waals surface area (Å²) in [5.41, 5.74) is 1.65. The number of nitrogens with zero attached hydrogens (tertiary/aromatic N) is 1. The van der Waals surface area contributed by atoms with Crippen LogP contribution in [0.15, 0.2) is 24.3 Å². The van der Waals surface area contributed by atoms with Crippen LogP contribution in [-0.2, 0) is 4.74 Å². The van der Waals surface area contributed by atoms with Crippen LogP contribution >= 0.6 is 0 Å². The molecule has 0 aliphatic carbocycles. The van der Waals surface area contributed by atoms with Crippen LogP contribution < -0.4 is 0 Å². The van der Waals surface area contributed by atoms with Crippen molar-refractivity contribution in [2.75, 3.05) is 19.7 Å². The van der Waals surface area contributed by atoms with Gasteiger partial charge in [0, 0.05) is 18.7 Å². The minimum absolute atomic E-state index is 0.185.